The Hall–Kier alpha value is -4.23. The van der Waals surface area contributed by atoms with Crippen molar-refractivity contribution in [3.63, 3.8) is 0 Å². The van der Waals surface area contributed by atoms with Crippen LogP contribution >= 0.6 is 0 Å². The van der Waals surface area contributed by atoms with Crippen LogP contribution < -0.4 is 10.1 Å². The number of hydrogen-bond acceptors (Lipinski definition) is 7. The summed E-state index contributed by atoms with van der Waals surface area (Å²) in [5.74, 6) is 0.764. The van der Waals surface area contributed by atoms with Crippen molar-refractivity contribution in [1.82, 2.24) is 20.1 Å². The number of sulfone groups is 1. The molecule has 0 spiro atoms. The van der Waals surface area contributed by atoms with Crippen LogP contribution in [0.3, 0.4) is 0 Å². The highest BCUT2D eigenvalue weighted by Gasteiger charge is 2.30. The predicted molar refractivity (Wildman–Crippen MR) is 146 cm³/mol. The molecule has 1 aliphatic rings. The minimum Gasteiger partial charge on any atom is -0.486 e. The Morgan fingerprint density at radius 3 is 2.46 bits per heavy atom. The Morgan fingerprint density at radius 1 is 1.00 bits per heavy atom. The smallest absolute Gasteiger partial charge is 0.416 e. The number of benzene rings is 3. The first kappa shape index (κ1) is 28.3. The maximum atomic E-state index is 12.9. The molecule has 0 saturated carbocycles. The predicted octanol–water partition coefficient (Wildman–Crippen LogP) is 4.55. The first-order valence-electron chi connectivity index (χ1n) is 12.7. The number of alkyl halides is 3. The number of carbonyl (C=O) groups excluding carboxylic acids is 1. The summed E-state index contributed by atoms with van der Waals surface area (Å²) >= 11 is 0. The summed E-state index contributed by atoms with van der Waals surface area (Å²) in [6.07, 6.45) is -4.46. The zero-order valence-corrected chi connectivity index (χ0v) is 22.5. The van der Waals surface area contributed by atoms with Crippen molar-refractivity contribution >= 4 is 21.4 Å². The van der Waals surface area contributed by atoms with E-state index < -0.39 is 21.6 Å². The van der Waals surface area contributed by atoms with Gasteiger partial charge in [-0.1, -0.05) is 18.2 Å². The lowest BCUT2D eigenvalue weighted by Crippen LogP contribution is -2.39. The summed E-state index contributed by atoms with van der Waals surface area (Å²) in [7, 11) is -2.96. The molecule has 0 radical (unpaired) electrons. The number of hydrogen-bond donors (Lipinski definition) is 2. The Bertz CT molecular complexity index is 1620. The van der Waals surface area contributed by atoms with Crippen LogP contribution in [0.5, 0.6) is 5.75 Å². The molecule has 0 aliphatic carbocycles. The monoisotopic (exact) mass is 585 g/mol. The van der Waals surface area contributed by atoms with Crippen LogP contribution in [0.15, 0.2) is 72.8 Å². The minimum absolute atomic E-state index is 0.0605. The normalized spacial score (nSPS) is 15.4. The SMILES string of the molecule is O=C(Nc1ccc(-c2n[nH]c(COc3cccc(C(F)(F)F)c3)n2)cc1)c1cccc(CN2CCS(=O)(=O)CC2)c1. The second-order valence-corrected chi connectivity index (χ2v) is 11.9. The van der Waals surface area contributed by atoms with Gasteiger partial charge in [0.1, 0.15) is 12.4 Å². The van der Waals surface area contributed by atoms with Crippen molar-refractivity contribution in [2.24, 2.45) is 0 Å². The van der Waals surface area contributed by atoms with Gasteiger partial charge in [0.05, 0.1) is 17.1 Å². The van der Waals surface area contributed by atoms with Crippen LogP contribution in [0.2, 0.25) is 0 Å². The average molecular weight is 586 g/mol. The van der Waals surface area contributed by atoms with Crippen molar-refractivity contribution < 1.29 is 31.1 Å². The molecule has 1 amide bonds. The highest BCUT2D eigenvalue weighted by molar-refractivity contribution is 7.91. The second kappa shape index (κ2) is 11.7. The van der Waals surface area contributed by atoms with E-state index in [1.807, 2.05) is 6.07 Å². The Kier molecular flexibility index (Phi) is 8.08. The van der Waals surface area contributed by atoms with Gasteiger partial charge in [-0.3, -0.25) is 14.8 Å². The molecule has 1 fully saturated rings. The maximum Gasteiger partial charge on any atom is 0.416 e. The Labute approximate surface area is 234 Å². The van der Waals surface area contributed by atoms with Gasteiger partial charge in [0.15, 0.2) is 21.5 Å². The molecule has 1 aliphatic heterocycles. The number of rotatable bonds is 8. The topological polar surface area (TPSA) is 117 Å². The number of nitrogens with one attached hydrogen (secondary N) is 2. The first-order chi connectivity index (χ1) is 19.5. The van der Waals surface area contributed by atoms with Crippen LogP contribution in [0.1, 0.15) is 27.3 Å². The summed E-state index contributed by atoms with van der Waals surface area (Å²) < 4.78 is 67.4. The van der Waals surface area contributed by atoms with E-state index >= 15 is 0 Å². The molecule has 214 valence electrons. The molecule has 9 nitrogen and oxygen atoms in total. The summed E-state index contributed by atoms with van der Waals surface area (Å²) in [5, 5.41) is 9.71. The molecule has 2 heterocycles. The van der Waals surface area contributed by atoms with Gasteiger partial charge in [0, 0.05) is 36.4 Å². The molecule has 13 heteroatoms. The van der Waals surface area contributed by atoms with Crippen LogP contribution in [0.25, 0.3) is 11.4 Å². The standard InChI is InChI=1S/C28H26F3N5O4S/c29-28(30,31)22-5-2-6-24(16-22)40-18-25-33-26(35-34-25)20-7-9-23(10-8-20)32-27(37)21-4-1-3-19(15-21)17-36-11-13-41(38,39)14-12-36/h1-10,15-16H,11-14,17-18H2,(H,32,37)(H,33,34,35). The van der Waals surface area contributed by atoms with E-state index in [9.17, 15) is 26.4 Å². The van der Waals surface area contributed by atoms with E-state index in [0.29, 0.717) is 48.1 Å². The Morgan fingerprint density at radius 2 is 1.73 bits per heavy atom. The quantitative estimate of drug-likeness (QED) is 0.312. The van der Waals surface area contributed by atoms with Crippen LogP contribution in [-0.2, 0) is 29.2 Å². The van der Waals surface area contributed by atoms with Gasteiger partial charge in [-0.25, -0.2) is 13.4 Å². The number of H-pyrrole nitrogens is 1. The number of carbonyl (C=O) groups is 1. The number of aromatic nitrogens is 3. The third-order valence-electron chi connectivity index (χ3n) is 6.50. The molecule has 0 bridgehead atoms. The minimum atomic E-state index is -4.46. The summed E-state index contributed by atoms with van der Waals surface area (Å²) in [4.78, 5) is 19.2. The first-order valence-corrected chi connectivity index (χ1v) is 14.5. The molecule has 0 unspecified atom stereocenters. The van der Waals surface area contributed by atoms with Gasteiger partial charge in [-0.2, -0.15) is 18.3 Å². The molecular formula is C28H26F3N5O4S. The number of aromatic amines is 1. The van der Waals surface area contributed by atoms with Gasteiger partial charge in [-0.15, -0.1) is 0 Å². The van der Waals surface area contributed by atoms with Crippen molar-refractivity contribution in [3.8, 4) is 17.1 Å². The number of ether oxygens (including phenoxy) is 1. The molecule has 2 N–H and O–H groups in total. The molecular weight excluding hydrogens is 559 g/mol. The van der Waals surface area contributed by atoms with E-state index in [-0.39, 0.29) is 29.8 Å². The van der Waals surface area contributed by atoms with Gasteiger partial charge in [-0.05, 0) is 60.2 Å². The van der Waals surface area contributed by atoms with Crippen molar-refractivity contribution in [3.05, 3.63) is 95.3 Å². The lowest BCUT2D eigenvalue weighted by Gasteiger charge is -2.26. The van der Waals surface area contributed by atoms with Gasteiger partial charge in [0.25, 0.3) is 5.91 Å². The van der Waals surface area contributed by atoms with Gasteiger partial charge >= 0.3 is 6.18 Å². The zero-order valence-electron chi connectivity index (χ0n) is 21.7. The van der Waals surface area contributed by atoms with E-state index in [4.69, 9.17) is 4.74 Å². The highest BCUT2D eigenvalue weighted by Crippen LogP contribution is 2.31. The van der Waals surface area contributed by atoms with E-state index in [2.05, 4.69) is 25.4 Å². The molecule has 5 rings (SSSR count). The van der Waals surface area contributed by atoms with Gasteiger partial charge < -0.3 is 10.1 Å². The molecule has 1 aromatic heterocycles. The fourth-order valence-corrected chi connectivity index (χ4v) is 5.56. The number of halogens is 3. The van der Waals surface area contributed by atoms with Crippen LogP contribution in [0, 0.1) is 0 Å². The molecule has 4 aromatic rings. The highest BCUT2D eigenvalue weighted by atomic mass is 32.2. The van der Waals surface area contributed by atoms with Crippen molar-refractivity contribution in [2.75, 3.05) is 29.9 Å². The Balaban J connectivity index is 1.16. The number of amides is 1. The molecule has 3 aromatic carbocycles. The van der Waals surface area contributed by atoms with Crippen LogP contribution in [0.4, 0.5) is 18.9 Å². The second-order valence-electron chi connectivity index (χ2n) is 9.58. The third kappa shape index (κ3) is 7.50. The van der Waals surface area contributed by atoms with E-state index in [1.165, 1.54) is 12.1 Å². The summed E-state index contributed by atoms with van der Waals surface area (Å²) in [5.41, 5.74) is 1.83. The summed E-state index contributed by atoms with van der Waals surface area (Å²) in [6.45, 7) is 1.41. The van der Waals surface area contributed by atoms with E-state index in [0.717, 1.165) is 17.7 Å². The van der Waals surface area contributed by atoms with Crippen molar-refractivity contribution in [1.29, 1.82) is 0 Å². The third-order valence-corrected chi connectivity index (χ3v) is 8.11. The number of anilines is 1. The van der Waals surface area contributed by atoms with Crippen LogP contribution in [-0.4, -0.2) is 59.0 Å². The average Bonchev–Trinajstić information content (AvgIpc) is 3.42. The number of nitrogens with zero attached hydrogens (tertiary/aromatic N) is 3. The molecule has 41 heavy (non-hydrogen) atoms. The lowest BCUT2D eigenvalue weighted by molar-refractivity contribution is -0.137. The van der Waals surface area contributed by atoms with Gasteiger partial charge in [0.2, 0.25) is 0 Å². The van der Waals surface area contributed by atoms with E-state index in [1.54, 1.807) is 42.5 Å². The molecule has 0 atom stereocenters. The fraction of sp³-hybridized carbons (Fsp3) is 0.250. The fourth-order valence-electron chi connectivity index (χ4n) is 4.29. The lowest BCUT2D eigenvalue weighted by atomic mass is 10.1. The largest absolute Gasteiger partial charge is 0.486 e. The summed E-state index contributed by atoms with van der Waals surface area (Å²) in [6, 6.07) is 18.7. The molecule has 1 saturated heterocycles. The maximum absolute atomic E-state index is 12.9. The zero-order chi connectivity index (χ0) is 29.0. The van der Waals surface area contributed by atoms with Crippen molar-refractivity contribution in [2.45, 2.75) is 19.3 Å².